The number of carbonyl (C=O) groups excluding carboxylic acids is 1. The highest BCUT2D eigenvalue weighted by atomic mass is 16.5. The summed E-state index contributed by atoms with van der Waals surface area (Å²) in [6.07, 6.45) is 0.880. The van der Waals surface area contributed by atoms with E-state index in [1.165, 1.54) is 0 Å². The minimum atomic E-state index is -0.136. The number of nitrogens with one attached hydrogen (secondary N) is 1. The van der Waals surface area contributed by atoms with Gasteiger partial charge < -0.3 is 10.1 Å². The van der Waals surface area contributed by atoms with Crippen LogP contribution in [0.2, 0.25) is 0 Å². The summed E-state index contributed by atoms with van der Waals surface area (Å²) in [5.41, 5.74) is 2.69. The van der Waals surface area contributed by atoms with Crippen LogP contribution < -0.4 is 5.32 Å². The first kappa shape index (κ1) is 14.5. The van der Waals surface area contributed by atoms with Gasteiger partial charge in [-0.1, -0.05) is 13.0 Å². The molecule has 108 valence electrons. The van der Waals surface area contributed by atoms with Crippen LogP contribution in [-0.4, -0.2) is 29.5 Å². The van der Waals surface area contributed by atoms with Gasteiger partial charge in [0.05, 0.1) is 11.2 Å². The second-order valence-corrected chi connectivity index (χ2v) is 5.01. The van der Waals surface area contributed by atoms with Crippen LogP contribution in [0.25, 0.3) is 10.9 Å². The Bertz CT molecular complexity index is 617. The zero-order chi connectivity index (χ0) is 14.7. The number of hydrogen-bond donors (Lipinski definition) is 1. The molecule has 1 aromatic carbocycles. The van der Waals surface area contributed by atoms with Crippen LogP contribution in [0.3, 0.4) is 0 Å². The van der Waals surface area contributed by atoms with Gasteiger partial charge in [-0.15, -0.1) is 0 Å². The molecule has 1 amide bonds. The summed E-state index contributed by atoms with van der Waals surface area (Å²) >= 11 is 0. The van der Waals surface area contributed by atoms with Crippen molar-refractivity contribution in [2.24, 2.45) is 0 Å². The van der Waals surface area contributed by atoms with E-state index < -0.39 is 0 Å². The zero-order valence-electron chi connectivity index (χ0n) is 12.4. The Morgan fingerprint density at radius 2 is 2.20 bits per heavy atom. The molecule has 0 aliphatic rings. The fraction of sp³-hybridized carbons (Fsp3) is 0.467. The lowest BCUT2D eigenvalue weighted by Crippen LogP contribution is -2.25. The van der Waals surface area contributed by atoms with Crippen LogP contribution in [0.4, 0.5) is 0 Å². The Balaban J connectivity index is 2.46. The van der Waals surface area contributed by atoms with E-state index in [1.54, 1.807) is 7.11 Å². The molecule has 0 atom stereocenters. The lowest BCUT2D eigenvalue weighted by molar-refractivity contribution is 0.0872. The van der Waals surface area contributed by atoms with Crippen molar-refractivity contribution in [3.63, 3.8) is 0 Å². The number of hydrogen-bond acceptors (Lipinski definition) is 3. The van der Waals surface area contributed by atoms with Crippen molar-refractivity contribution >= 4 is 16.8 Å². The van der Waals surface area contributed by atoms with Gasteiger partial charge in [-0.3, -0.25) is 9.48 Å². The maximum Gasteiger partial charge on any atom is 0.253 e. The summed E-state index contributed by atoms with van der Waals surface area (Å²) in [6.45, 7) is 6.47. The van der Waals surface area contributed by atoms with Crippen LogP contribution in [0, 0.1) is 0 Å². The number of rotatable bonds is 5. The predicted molar refractivity (Wildman–Crippen MR) is 78.8 cm³/mol. The van der Waals surface area contributed by atoms with Crippen molar-refractivity contribution in [2.45, 2.75) is 33.2 Å². The van der Waals surface area contributed by atoms with Crippen LogP contribution in [-0.2, 0) is 11.2 Å². The van der Waals surface area contributed by atoms with E-state index in [9.17, 15) is 4.79 Å². The average molecular weight is 275 g/mol. The third kappa shape index (κ3) is 2.67. The number of aromatic nitrogens is 2. The molecule has 0 radical (unpaired) electrons. The average Bonchev–Trinajstić information content (AvgIpc) is 2.82. The summed E-state index contributed by atoms with van der Waals surface area (Å²) in [4.78, 5) is 12.0. The van der Waals surface area contributed by atoms with Crippen molar-refractivity contribution in [2.75, 3.05) is 13.8 Å². The smallest absolute Gasteiger partial charge is 0.253 e. The lowest BCUT2D eigenvalue weighted by Gasteiger charge is -2.08. The summed E-state index contributed by atoms with van der Waals surface area (Å²) in [5.74, 6) is -0.136. The quantitative estimate of drug-likeness (QED) is 0.853. The molecule has 0 aliphatic carbocycles. The van der Waals surface area contributed by atoms with Crippen LogP contribution >= 0.6 is 0 Å². The summed E-state index contributed by atoms with van der Waals surface area (Å²) in [7, 11) is 1.55. The molecule has 1 aromatic heterocycles. The van der Waals surface area contributed by atoms with Crippen molar-refractivity contribution in [3.8, 4) is 0 Å². The zero-order valence-corrected chi connectivity index (χ0v) is 12.4. The van der Waals surface area contributed by atoms with E-state index in [-0.39, 0.29) is 18.7 Å². The number of benzene rings is 1. The molecular formula is C15H21N3O2. The number of fused-ring (bicyclic) bond motifs is 1. The highest BCUT2D eigenvalue weighted by Crippen LogP contribution is 2.23. The second-order valence-electron chi connectivity index (χ2n) is 5.01. The van der Waals surface area contributed by atoms with Gasteiger partial charge in [-0.25, -0.2) is 0 Å². The van der Waals surface area contributed by atoms with Crippen molar-refractivity contribution in [1.29, 1.82) is 0 Å². The van der Waals surface area contributed by atoms with Gasteiger partial charge in [0.1, 0.15) is 6.73 Å². The van der Waals surface area contributed by atoms with Gasteiger partial charge in [0, 0.05) is 24.1 Å². The molecule has 5 heteroatoms. The second kappa shape index (κ2) is 6.05. The molecule has 0 bridgehead atoms. The van der Waals surface area contributed by atoms with Gasteiger partial charge in [-0.2, -0.15) is 5.10 Å². The van der Waals surface area contributed by atoms with Gasteiger partial charge in [0.25, 0.3) is 5.91 Å². The molecule has 0 unspecified atom stereocenters. The van der Waals surface area contributed by atoms with Crippen molar-refractivity contribution in [3.05, 3.63) is 29.5 Å². The SMILES string of the molecule is CCc1nn(C(C)C)c2cc(C(=O)NCOC)ccc12. The third-order valence-electron chi connectivity index (χ3n) is 3.25. The number of nitrogens with zero attached hydrogens (tertiary/aromatic N) is 2. The first-order valence-electron chi connectivity index (χ1n) is 6.86. The van der Waals surface area contributed by atoms with Gasteiger partial charge >= 0.3 is 0 Å². The molecule has 2 aromatic rings. The first-order valence-corrected chi connectivity index (χ1v) is 6.86. The molecule has 1 heterocycles. The highest BCUT2D eigenvalue weighted by Gasteiger charge is 2.14. The molecule has 1 N–H and O–H groups in total. The minimum Gasteiger partial charge on any atom is -0.364 e. The normalized spacial score (nSPS) is 11.2. The lowest BCUT2D eigenvalue weighted by atomic mass is 10.1. The number of ether oxygens (including phenoxy) is 1. The largest absolute Gasteiger partial charge is 0.364 e. The topological polar surface area (TPSA) is 56.2 Å². The predicted octanol–water partition coefficient (Wildman–Crippen LogP) is 2.51. The van der Waals surface area contributed by atoms with E-state index in [1.807, 2.05) is 22.9 Å². The maximum absolute atomic E-state index is 12.0. The van der Waals surface area contributed by atoms with Gasteiger partial charge in [0.15, 0.2) is 0 Å². The summed E-state index contributed by atoms with van der Waals surface area (Å²) < 4.78 is 6.83. The molecule has 0 fully saturated rings. The molecule has 5 nitrogen and oxygen atoms in total. The number of methoxy groups -OCH3 is 1. The third-order valence-corrected chi connectivity index (χ3v) is 3.25. The van der Waals surface area contributed by atoms with Gasteiger partial charge in [-0.05, 0) is 32.4 Å². The minimum absolute atomic E-state index is 0.136. The Morgan fingerprint density at radius 1 is 1.45 bits per heavy atom. The van der Waals surface area contributed by atoms with E-state index >= 15 is 0 Å². The Kier molecular flexibility index (Phi) is 4.39. The van der Waals surface area contributed by atoms with Crippen LogP contribution in [0.15, 0.2) is 18.2 Å². The van der Waals surface area contributed by atoms with E-state index in [0.29, 0.717) is 5.56 Å². The number of amides is 1. The molecule has 0 saturated carbocycles. The molecule has 2 rings (SSSR count). The fourth-order valence-corrected chi connectivity index (χ4v) is 2.24. The number of carbonyl (C=O) groups is 1. The van der Waals surface area contributed by atoms with Crippen LogP contribution in [0.5, 0.6) is 0 Å². The maximum atomic E-state index is 12.0. The monoisotopic (exact) mass is 275 g/mol. The molecular weight excluding hydrogens is 254 g/mol. The first-order chi connectivity index (χ1) is 9.58. The molecule has 0 aliphatic heterocycles. The highest BCUT2D eigenvalue weighted by molar-refractivity contribution is 5.98. The van der Waals surface area contributed by atoms with E-state index in [2.05, 4.69) is 31.2 Å². The Morgan fingerprint density at radius 3 is 2.80 bits per heavy atom. The van der Waals surface area contributed by atoms with Crippen molar-refractivity contribution < 1.29 is 9.53 Å². The summed E-state index contributed by atoms with van der Waals surface area (Å²) in [5, 5.41) is 8.44. The summed E-state index contributed by atoms with van der Waals surface area (Å²) in [6, 6.07) is 5.96. The van der Waals surface area contributed by atoms with E-state index in [0.717, 1.165) is 23.0 Å². The van der Waals surface area contributed by atoms with Crippen molar-refractivity contribution in [1.82, 2.24) is 15.1 Å². The molecule has 0 saturated heterocycles. The molecule has 20 heavy (non-hydrogen) atoms. The number of aryl methyl sites for hydroxylation is 1. The Hall–Kier alpha value is -1.88. The van der Waals surface area contributed by atoms with E-state index in [4.69, 9.17) is 4.74 Å². The van der Waals surface area contributed by atoms with Gasteiger partial charge in [0.2, 0.25) is 0 Å². The fourth-order valence-electron chi connectivity index (χ4n) is 2.24. The molecule has 0 spiro atoms. The standard InChI is InChI=1S/C15H21N3O2/c1-5-13-12-7-6-11(15(19)16-9-20-4)8-14(12)18(17-13)10(2)3/h6-8,10H,5,9H2,1-4H3,(H,16,19). The van der Waals surface area contributed by atoms with Crippen LogP contribution in [0.1, 0.15) is 42.9 Å². The Labute approximate surface area is 118 Å².